The Kier molecular flexibility index (Phi) is 4.69. The minimum Gasteiger partial charge on any atom is -0.502 e. The van der Waals surface area contributed by atoms with Crippen LogP contribution in [0.15, 0.2) is 54.6 Å². The third-order valence-corrected chi connectivity index (χ3v) is 2.02. The van der Waals surface area contributed by atoms with Gasteiger partial charge >= 0.3 is 5.69 Å². The molecule has 2 aromatic carbocycles. The van der Waals surface area contributed by atoms with Gasteiger partial charge in [-0.25, -0.2) is 0 Å². The SMILES string of the molecule is Cc1ccccc1.O=[N+]([O-])c1ccccc1O. The second kappa shape index (κ2) is 6.27. The van der Waals surface area contributed by atoms with E-state index >= 15 is 0 Å². The molecule has 0 aromatic heterocycles. The van der Waals surface area contributed by atoms with Crippen LogP contribution in [-0.2, 0) is 0 Å². The Morgan fingerprint density at radius 3 is 1.88 bits per heavy atom. The number of nitro groups is 1. The molecule has 0 unspecified atom stereocenters. The van der Waals surface area contributed by atoms with Gasteiger partial charge in [-0.15, -0.1) is 0 Å². The summed E-state index contributed by atoms with van der Waals surface area (Å²) in [6.45, 7) is 2.08. The van der Waals surface area contributed by atoms with Gasteiger partial charge in [0.1, 0.15) is 0 Å². The number of hydrogen-bond acceptors (Lipinski definition) is 3. The fourth-order valence-corrected chi connectivity index (χ4v) is 1.15. The van der Waals surface area contributed by atoms with E-state index in [-0.39, 0.29) is 11.4 Å². The summed E-state index contributed by atoms with van der Waals surface area (Å²) in [6, 6.07) is 15.8. The van der Waals surface area contributed by atoms with Crippen molar-refractivity contribution in [3.05, 3.63) is 70.3 Å². The number of nitro benzene ring substituents is 1. The second-order valence-electron chi connectivity index (χ2n) is 3.40. The van der Waals surface area contributed by atoms with Crippen molar-refractivity contribution in [3.8, 4) is 5.75 Å². The van der Waals surface area contributed by atoms with Crippen LogP contribution in [0.3, 0.4) is 0 Å². The number of nitrogens with zero attached hydrogens (tertiary/aromatic N) is 1. The molecular weight excluding hydrogens is 218 g/mol. The highest BCUT2D eigenvalue weighted by atomic mass is 16.6. The van der Waals surface area contributed by atoms with Gasteiger partial charge in [0.05, 0.1) is 4.92 Å². The molecule has 0 heterocycles. The molecule has 1 N–H and O–H groups in total. The molecule has 0 bridgehead atoms. The molecule has 2 aromatic rings. The number of para-hydroxylation sites is 2. The van der Waals surface area contributed by atoms with E-state index in [0.717, 1.165) is 0 Å². The lowest BCUT2D eigenvalue weighted by molar-refractivity contribution is -0.385. The lowest BCUT2D eigenvalue weighted by atomic mass is 10.2. The lowest BCUT2D eigenvalue weighted by Gasteiger charge is -1.91. The summed E-state index contributed by atoms with van der Waals surface area (Å²) in [5.41, 5.74) is 1.06. The number of benzene rings is 2. The third-order valence-electron chi connectivity index (χ3n) is 2.02. The summed E-state index contributed by atoms with van der Waals surface area (Å²) in [7, 11) is 0. The van der Waals surface area contributed by atoms with E-state index in [1.807, 2.05) is 18.2 Å². The predicted octanol–water partition coefficient (Wildman–Crippen LogP) is 3.30. The fraction of sp³-hybridized carbons (Fsp3) is 0.0769. The Bertz CT molecular complexity index is 483. The van der Waals surface area contributed by atoms with Crippen molar-refractivity contribution in [3.63, 3.8) is 0 Å². The average Bonchev–Trinajstić information content (AvgIpc) is 2.31. The van der Waals surface area contributed by atoms with Crippen LogP contribution in [0.2, 0.25) is 0 Å². The molecule has 0 aliphatic rings. The Hall–Kier alpha value is -2.36. The van der Waals surface area contributed by atoms with Crippen molar-refractivity contribution < 1.29 is 10.0 Å². The van der Waals surface area contributed by atoms with Crippen LogP contribution in [0.5, 0.6) is 5.75 Å². The normalized spacial score (nSPS) is 9.00. The van der Waals surface area contributed by atoms with Crippen molar-refractivity contribution in [1.29, 1.82) is 0 Å². The molecule has 0 saturated heterocycles. The van der Waals surface area contributed by atoms with Crippen molar-refractivity contribution in [1.82, 2.24) is 0 Å². The molecular formula is C13H13NO3. The number of phenolic OH excluding ortho intramolecular Hbond substituents is 1. The molecule has 0 spiro atoms. The smallest absolute Gasteiger partial charge is 0.310 e. The van der Waals surface area contributed by atoms with Crippen molar-refractivity contribution in [2.75, 3.05) is 0 Å². The molecule has 0 atom stereocenters. The van der Waals surface area contributed by atoms with E-state index in [2.05, 4.69) is 19.1 Å². The van der Waals surface area contributed by atoms with Gasteiger partial charge < -0.3 is 5.11 Å². The summed E-state index contributed by atoms with van der Waals surface area (Å²) >= 11 is 0. The fourth-order valence-electron chi connectivity index (χ4n) is 1.15. The molecule has 0 radical (unpaired) electrons. The molecule has 17 heavy (non-hydrogen) atoms. The quantitative estimate of drug-likeness (QED) is 0.605. The lowest BCUT2D eigenvalue weighted by Crippen LogP contribution is -1.86. The van der Waals surface area contributed by atoms with Gasteiger partial charge in [-0.1, -0.05) is 48.0 Å². The monoisotopic (exact) mass is 231 g/mol. The predicted molar refractivity (Wildman–Crippen MR) is 65.9 cm³/mol. The van der Waals surface area contributed by atoms with Crippen molar-refractivity contribution >= 4 is 5.69 Å². The molecule has 2 rings (SSSR count). The van der Waals surface area contributed by atoms with Gasteiger partial charge in [0, 0.05) is 6.07 Å². The Labute approximate surface area is 99.3 Å². The van der Waals surface area contributed by atoms with Crippen LogP contribution in [0.1, 0.15) is 5.56 Å². The number of rotatable bonds is 1. The first-order valence-electron chi connectivity index (χ1n) is 5.05. The zero-order valence-corrected chi connectivity index (χ0v) is 9.41. The maximum Gasteiger partial charge on any atom is 0.310 e. The van der Waals surface area contributed by atoms with E-state index in [1.54, 1.807) is 0 Å². The maximum absolute atomic E-state index is 10.1. The zero-order chi connectivity index (χ0) is 12.7. The molecule has 88 valence electrons. The van der Waals surface area contributed by atoms with Gasteiger partial charge in [0.2, 0.25) is 0 Å². The van der Waals surface area contributed by atoms with E-state index in [4.69, 9.17) is 5.11 Å². The highest BCUT2D eigenvalue weighted by molar-refractivity contribution is 5.44. The van der Waals surface area contributed by atoms with E-state index in [9.17, 15) is 10.1 Å². The Morgan fingerprint density at radius 1 is 1.00 bits per heavy atom. The van der Waals surface area contributed by atoms with Crippen LogP contribution in [-0.4, -0.2) is 10.0 Å². The van der Waals surface area contributed by atoms with Crippen LogP contribution in [0, 0.1) is 17.0 Å². The first-order valence-corrected chi connectivity index (χ1v) is 5.05. The Balaban J connectivity index is 0.000000181. The zero-order valence-electron chi connectivity index (χ0n) is 9.41. The number of hydrogen-bond donors (Lipinski definition) is 1. The van der Waals surface area contributed by atoms with Gasteiger partial charge in [-0.2, -0.15) is 0 Å². The molecule has 0 amide bonds. The van der Waals surface area contributed by atoms with Gasteiger partial charge in [0.25, 0.3) is 0 Å². The topological polar surface area (TPSA) is 63.4 Å². The molecule has 0 aliphatic heterocycles. The second-order valence-corrected chi connectivity index (χ2v) is 3.40. The molecule has 0 aliphatic carbocycles. The minimum absolute atomic E-state index is 0.262. The molecule has 0 saturated carbocycles. The molecule has 0 fully saturated rings. The summed E-state index contributed by atoms with van der Waals surface area (Å²) in [5.74, 6) is -0.299. The average molecular weight is 231 g/mol. The minimum atomic E-state index is -0.630. The number of aromatic hydroxyl groups is 1. The van der Waals surface area contributed by atoms with Crippen LogP contribution >= 0.6 is 0 Å². The van der Waals surface area contributed by atoms with E-state index in [1.165, 1.54) is 29.8 Å². The van der Waals surface area contributed by atoms with Crippen LogP contribution in [0.4, 0.5) is 5.69 Å². The highest BCUT2D eigenvalue weighted by Gasteiger charge is 2.09. The Morgan fingerprint density at radius 2 is 1.53 bits per heavy atom. The van der Waals surface area contributed by atoms with Crippen molar-refractivity contribution in [2.24, 2.45) is 0 Å². The van der Waals surface area contributed by atoms with Gasteiger partial charge in [-0.05, 0) is 13.0 Å². The molecule has 4 nitrogen and oxygen atoms in total. The van der Waals surface area contributed by atoms with Crippen LogP contribution in [0.25, 0.3) is 0 Å². The third kappa shape index (κ3) is 4.34. The van der Waals surface area contributed by atoms with Crippen molar-refractivity contribution in [2.45, 2.75) is 6.92 Å². The summed E-state index contributed by atoms with van der Waals surface area (Å²) in [4.78, 5) is 9.44. The standard InChI is InChI=1S/C7H8.C6H5NO3/c1-7-5-3-2-4-6-7;8-6-4-2-1-3-5(6)7(9)10/h2-6H,1H3;1-4,8H. The van der Waals surface area contributed by atoms with Crippen LogP contribution < -0.4 is 0 Å². The summed E-state index contributed by atoms with van der Waals surface area (Å²) in [5, 5.41) is 18.9. The first kappa shape index (κ1) is 12.7. The van der Waals surface area contributed by atoms with E-state index in [0.29, 0.717) is 0 Å². The highest BCUT2D eigenvalue weighted by Crippen LogP contribution is 2.23. The number of aryl methyl sites for hydroxylation is 1. The summed E-state index contributed by atoms with van der Waals surface area (Å²) < 4.78 is 0. The van der Waals surface area contributed by atoms with Gasteiger partial charge in [0.15, 0.2) is 5.75 Å². The first-order chi connectivity index (χ1) is 8.11. The van der Waals surface area contributed by atoms with E-state index < -0.39 is 4.92 Å². The molecule has 4 heteroatoms. The maximum atomic E-state index is 10.1. The number of phenols is 1. The van der Waals surface area contributed by atoms with Gasteiger partial charge in [-0.3, -0.25) is 10.1 Å². The summed E-state index contributed by atoms with van der Waals surface area (Å²) in [6.07, 6.45) is 0. The largest absolute Gasteiger partial charge is 0.502 e.